The van der Waals surface area contributed by atoms with Gasteiger partial charge in [-0.1, -0.05) is 6.92 Å². The molecule has 1 heterocycles. The first-order chi connectivity index (χ1) is 6.77. The third kappa shape index (κ3) is 1.60. The van der Waals surface area contributed by atoms with E-state index >= 15 is 0 Å². The number of benzene rings is 1. The molecule has 0 atom stereocenters. The second-order valence-electron chi connectivity index (χ2n) is 3.15. The van der Waals surface area contributed by atoms with Crippen molar-refractivity contribution in [1.29, 1.82) is 0 Å². The van der Waals surface area contributed by atoms with Gasteiger partial charge in [0.1, 0.15) is 0 Å². The molecule has 1 aromatic heterocycles. The Kier molecular flexibility index (Phi) is 3.15. The Morgan fingerprint density at radius 2 is 2.29 bits per heavy atom. The SMILES string of the molecule is CCc1cc(Br)c2sccc2c1CCl. The molecule has 0 spiro atoms. The number of aryl methyl sites for hydroxylation is 1. The van der Waals surface area contributed by atoms with Gasteiger partial charge < -0.3 is 0 Å². The molecule has 0 saturated heterocycles. The molecule has 1 aromatic carbocycles. The maximum absolute atomic E-state index is 5.99. The first-order valence-electron chi connectivity index (χ1n) is 4.51. The molecule has 2 aromatic rings. The van der Waals surface area contributed by atoms with E-state index in [1.54, 1.807) is 11.3 Å². The predicted molar refractivity (Wildman–Crippen MR) is 68.5 cm³/mol. The van der Waals surface area contributed by atoms with Crippen LogP contribution in [0.2, 0.25) is 0 Å². The normalized spacial score (nSPS) is 11.1. The van der Waals surface area contributed by atoms with Crippen LogP contribution in [0.4, 0.5) is 0 Å². The quantitative estimate of drug-likeness (QED) is 0.685. The minimum Gasteiger partial charge on any atom is -0.143 e. The molecule has 0 N–H and O–H groups in total. The van der Waals surface area contributed by atoms with Gasteiger partial charge in [-0.3, -0.25) is 0 Å². The van der Waals surface area contributed by atoms with Crippen molar-refractivity contribution >= 4 is 49.0 Å². The molecule has 0 saturated carbocycles. The summed E-state index contributed by atoms with van der Waals surface area (Å²) in [5, 5.41) is 3.42. The van der Waals surface area contributed by atoms with Crippen LogP contribution in [0, 0.1) is 0 Å². The molecule has 0 nitrogen and oxygen atoms in total. The lowest BCUT2D eigenvalue weighted by molar-refractivity contribution is 1.11. The first-order valence-corrected chi connectivity index (χ1v) is 6.72. The van der Waals surface area contributed by atoms with Gasteiger partial charge >= 0.3 is 0 Å². The Bertz CT molecular complexity index is 462. The average molecular weight is 290 g/mol. The van der Waals surface area contributed by atoms with Gasteiger partial charge in [-0.2, -0.15) is 0 Å². The van der Waals surface area contributed by atoms with E-state index in [4.69, 9.17) is 11.6 Å². The first kappa shape index (κ1) is 10.5. The van der Waals surface area contributed by atoms with E-state index in [1.807, 2.05) is 0 Å². The van der Waals surface area contributed by atoms with E-state index in [0.717, 1.165) is 6.42 Å². The van der Waals surface area contributed by atoms with Gasteiger partial charge in [-0.15, -0.1) is 22.9 Å². The monoisotopic (exact) mass is 288 g/mol. The molecule has 0 radical (unpaired) electrons. The number of halogens is 2. The number of alkyl halides is 1. The van der Waals surface area contributed by atoms with E-state index in [9.17, 15) is 0 Å². The summed E-state index contributed by atoms with van der Waals surface area (Å²) in [4.78, 5) is 0. The molecular weight excluding hydrogens is 280 g/mol. The van der Waals surface area contributed by atoms with Gasteiger partial charge in [0.2, 0.25) is 0 Å². The van der Waals surface area contributed by atoms with Crippen LogP contribution in [0.25, 0.3) is 10.1 Å². The molecule has 0 fully saturated rings. The highest BCUT2D eigenvalue weighted by atomic mass is 79.9. The Morgan fingerprint density at radius 1 is 1.50 bits per heavy atom. The number of rotatable bonds is 2. The lowest BCUT2D eigenvalue weighted by Gasteiger charge is -2.07. The highest BCUT2D eigenvalue weighted by molar-refractivity contribution is 9.10. The molecule has 0 amide bonds. The van der Waals surface area contributed by atoms with Crippen LogP contribution in [0.1, 0.15) is 18.1 Å². The summed E-state index contributed by atoms with van der Waals surface area (Å²) in [5.41, 5.74) is 2.63. The van der Waals surface area contributed by atoms with Crippen LogP contribution in [-0.4, -0.2) is 0 Å². The Labute approximate surface area is 101 Å². The molecule has 14 heavy (non-hydrogen) atoms. The molecule has 0 unspecified atom stereocenters. The van der Waals surface area contributed by atoms with Gasteiger partial charge in [0.15, 0.2) is 0 Å². The summed E-state index contributed by atoms with van der Waals surface area (Å²) in [6, 6.07) is 4.35. The summed E-state index contributed by atoms with van der Waals surface area (Å²) < 4.78 is 2.49. The fraction of sp³-hybridized carbons (Fsp3) is 0.273. The van der Waals surface area contributed by atoms with Crippen molar-refractivity contribution in [3.8, 4) is 0 Å². The summed E-state index contributed by atoms with van der Waals surface area (Å²) in [5.74, 6) is 0.601. The fourth-order valence-corrected chi connectivity index (χ4v) is 3.60. The summed E-state index contributed by atoms with van der Waals surface area (Å²) >= 11 is 11.3. The summed E-state index contributed by atoms with van der Waals surface area (Å²) in [6.07, 6.45) is 1.03. The Hall–Kier alpha value is -0.0500. The van der Waals surface area contributed by atoms with Crippen LogP contribution in [0.15, 0.2) is 22.0 Å². The van der Waals surface area contributed by atoms with Crippen molar-refractivity contribution < 1.29 is 0 Å². The minimum absolute atomic E-state index is 0.601. The van der Waals surface area contributed by atoms with Crippen molar-refractivity contribution in [2.24, 2.45) is 0 Å². The second kappa shape index (κ2) is 4.21. The highest BCUT2D eigenvalue weighted by Gasteiger charge is 2.09. The Morgan fingerprint density at radius 3 is 2.93 bits per heavy atom. The van der Waals surface area contributed by atoms with Crippen LogP contribution in [-0.2, 0) is 12.3 Å². The lowest BCUT2D eigenvalue weighted by Crippen LogP contribution is -1.90. The van der Waals surface area contributed by atoms with Gasteiger partial charge in [-0.05, 0) is 56.4 Å². The van der Waals surface area contributed by atoms with Crippen molar-refractivity contribution in [2.75, 3.05) is 0 Å². The summed E-state index contributed by atoms with van der Waals surface area (Å²) in [6.45, 7) is 2.16. The van der Waals surface area contributed by atoms with Crippen LogP contribution in [0.3, 0.4) is 0 Å². The molecule has 0 aliphatic carbocycles. The molecule has 0 aliphatic heterocycles. The zero-order chi connectivity index (χ0) is 10.1. The molecule has 0 aliphatic rings. The molecule has 2 rings (SSSR count). The third-order valence-corrected chi connectivity index (χ3v) is 4.51. The predicted octanol–water partition coefficient (Wildman–Crippen LogP) is 4.97. The summed E-state index contributed by atoms with van der Waals surface area (Å²) in [7, 11) is 0. The van der Waals surface area contributed by atoms with Gasteiger partial charge in [0, 0.05) is 15.1 Å². The maximum atomic E-state index is 5.99. The van der Waals surface area contributed by atoms with Crippen molar-refractivity contribution in [2.45, 2.75) is 19.2 Å². The van der Waals surface area contributed by atoms with Crippen molar-refractivity contribution in [3.63, 3.8) is 0 Å². The average Bonchev–Trinajstić information content (AvgIpc) is 2.66. The van der Waals surface area contributed by atoms with Crippen LogP contribution >= 0.6 is 38.9 Å². The van der Waals surface area contributed by atoms with Crippen LogP contribution in [0.5, 0.6) is 0 Å². The molecule has 0 bridgehead atoms. The van der Waals surface area contributed by atoms with Gasteiger partial charge in [0.05, 0.1) is 0 Å². The van der Waals surface area contributed by atoms with E-state index in [0.29, 0.717) is 5.88 Å². The second-order valence-corrected chi connectivity index (χ2v) is 5.18. The minimum atomic E-state index is 0.601. The molecule has 3 heteroatoms. The van der Waals surface area contributed by atoms with Crippen molar-refractivity contribution in [1.82, 2.24) is 0 Å². The fourth-order valence-electron chi connectivity index (χ4n) is 1.68. The third-order valence-electron chi connectivity index (χ3n) is 2.41. The number of hydrogen-bond acceptors (Lipinski definition) is 1. The lowest BCUT2D eigenvalue weighted by atomic mass is 10.0. The van der Waals surface area contributed by atoms with Gasteiger partial charge in [-0.25, -0.2) is 0 Å². The van der Waals surface area contributed by atoms with Crippen molar-refractivity contribution in [3.05, 3.63) is 33.1 Å². The van der Waals surface area contributed by atoms with E-state index < -0.39 is 0 Å². The zero-order valence-corrected chi connectivity index (χ0v) is 11.0. The van der Waals surface area contributed by atoms with E-state index in [-0.39, 0.29) is 0 Å². The van der Waals surface area contributed by atoms with E-state index in [2.05, 4.69) is 40.4 Å². The Balaban J connectivity index is 2.82. The highest BCUT2D eigenvalue weighted by Crippen LogP contribution is 2.34. The number of hydrogen-bond donors (Lipinski definition) is 0. The zero-order valence-electron chi connectivity index (χ0n) is 7.81. The van der Waals surface area contributed by atoms with Crippen LogP contribution < -0.4 is 0 Å². The largest absolute Gasteiger partial charge is 0.143 e. The number of fused-ring (bicyclic) bond motifs is 1. The van der Waals surface area contributed by atoms with Gasteiger partial charge in [0.25, 0.3) is 0 Å². The maximum Gasteiger partial charge on any atom is 0.0488 e. The standard InChI is InChI=1S/C11H10BrClS/c1-2-7-5-10(12)11-8(3-4-14-11)9(7)6-13/h3-5H,2,6H2,1H3. The molecular formula is C11H10BrClS. The topological polar surface area (TPSA) is 0 Å². The number of thiophene rings is 1. The molecule has 74 valence electrons. The smallest absolute Gasteiger partial charge is 0.0488 e. The van der Waals surface area contributed by atoms with E-state index in [1.165, 1.54) is 25.7 Å².